The number of carbonyl (C=O) groups excluding carboxylic acids is 1. The van der Waals surface area contributed by atoms with Crippen molar-refractivity contribution in [2.75, 3.05) is 7.05 Å². The van der Waals surface area contributed by atoms with E-state index in [9.17, 15) is 4.79 Å². The minimum absolute atomic E-state index is 0.0650. The first-order chi connectivity index (χ1) is 9.20. The van der Waals surface area contributed by atoms with E-state index in [1.165, 1.54) is 0 Å². The van der Waals surface area contributed by atoms with Gasteiger partial charge in [0.15, 0.2) is 0 Å². The van der Waals surface area contributed by atoms with Gasteiger partial charge in [0.05, 0.1) is 11.6 Å². The predicted molar refractivity (Wildman–Crippen MR) is 71.2 cm³/mol. The fourth-order valence-electron chi connectivity index (χ4n) is 1.80. The second kappa shape index (κ2) is 5.78. The number of pyridine rings is 1. The largest absolute Gasteiger partial charge is 0.337 e. The van der Waals surface area contributed by atoms with Crippen molar-refractivity contribution >= 4 is 5.91 Å². The third-order valence-electron chi connectivity index (χ3n) is 2.75. The van der Waals surface area contributed by atoms with E-state index in [0.29, 0.717) is 17.7 Å². The summed E-state index contributed by atoms with van der Waals surface area (Å²) < 4.78 is 0. The molecular weight excluding hydrogens is 238 g/mol. The van der Waals surface area contributed by atoms with Gasteiger partial charge in [0, 0.05) is 31.5 Å². The Morgan fingerprint density at radius 3 is 2.74 bits per heavy atom. The van der Waals surface area contributed by atoms with Crippen LogP contribution < -0.4 is 0 Å². The number of carbonyl (C=O) groups is 1. The first-order valence-corrected chi connectivity index (χ1v) is 5.85. The van der Waals surface area contributed by atoms with Crippen molar-refractivity contribution in [1.29, 1.82) is 5.26 Å². The second-order valence-corrected chi connectivity index (χ2v) is 4.21. The molecule has 4 heteroatoms. The van der Waals surface area contributed by atoms with Crippen molar-refractivity contribution in [1.82, 2.24) is 9.88 Å². The Morgan fingerprint density at radius 2 is 2.05 bits per heavy atom. The molecule has 1 heterocycles. The van der Waals surface area contributed by atoms with Gasteiger partial charge in [-0.25, -0.2) is 0 Å². The van der Waals surface area contributed by atoms with Crippen molar-refractivity contribution in [3.8, 4) is 6.07 Å². The van der Waals surface area contributed by atoms with E-state index in [1.54, 1.807) is 48.6 Å². The molecule has 0 radical (unpaired) electrons. The molecule has 0 unspecified atom stereocenters. The third-order valence-corrected chi connectivity index (χ3v) is 2.75. The van der Waals surface area contributed by atoms with Crippen molar-refractivity contribution in [2.45, 2.75) is 6.54 Å². The highest BCUT2D eigenvalue weighted by molar-refractivity contribution is 5.93. The highest BCUT2D eigenvalue weighted by atomic mass is 16.2. The minimum atomic E-state index is -0.0650. The lowest BCUT2D eigenvalue weighted by atomic mass is 10.1. The van der Waals surface area contributed by atoms with Crippen LogP contribution in [0.5, 0.6) is 0 Å². The van der Waals surface area contributed by atoms with Crippen LogP contribution in [-0.4, -0.2) is 22.8 Å². The van der Waals surface area contributed by atoms with E-state index in [2.05, 4.69) is 11.1 Å². The smallest absolute Gasteiger partial charge is 0.254 e. The van der Waals surface area contributed by atoms with Gasteiger partial charge >= 0.3 is 0 Å². The maximum absolute atomic E-state index is 12.1. The molecule has 1 aromatic carbocycles. The molecular formula is C15H13N3O. The first kappa shape index (κ1) is 12.8. The summed E-state index contributed by atoms with van der Waals surface area (Å²) in [6, 6.07) is 12.7. The van der Waals surface area contributed by atoms with Crippen molar-refractivity contribution in [3.05, 3.63) is 65.5 Å². The quantitative estimate of drug-likeness (QED) is 0.840. The number of aromatic nitrogens is 1. The van der Waals surface area contributed by atoms with Crippen LogP contribution in [-0.2, 0) is 6.54 Å². The number of hydrogen-bond acceptors (Lipinski definition) is 3. The topological polar surface area (TPSA) is 57.0 Å². The van der Waals surface area contributed by atoms with Gasteiger partial charge in [-0.2, -0.15) is 5.26 Å². The molecule has 0 aliphatic heterocycles. The predicted octanol–water partition coefficient (Wildman–Crippen LogP) is 2.23. The normalized spacial score (nSPS) is 9.68. The summed E-state index contributed by atoms with van der Waals surface area (Å²) in [7, 11) is 1.74. The Bertz CT molecular complexity index is 617. The fourth-order valence-corrected chi connectivity index (χ4v) is 1.80. The maximum Gasteiger partial charge on any atom is 0.254 e. The molecule has 1 aromatic heterocycles. The summed E-state index contributed by atoms with van der Waals surface area (Å²) in [6.45, 7) is 0.469. The maximum atomic E-state index is 12.1. The van der Waals surface area contributed by atoms with Crippen LogP contribution >= 0.6 is 0 Å². The average Bonchev–Trinajstić information content (AvgIpc) is 2.47. The molecule has 0 saturated carbocycles. The van der Waals surface area contributed by atoms with Crippen LogP contribution in [0.2, 0.25) is 0 Å². The average molecular weight is 251 g/mol. The summed E-state index contributed by atoms with van der Waals surface area (Å²) in [5, 5.41) is 8.85. The van der Waals surface area contributed by atoms with Crippen LogP contribution in [0.1, 0.15) is 21.5 Å². The third kappa shape index (κ3) is 3.17. The number of nitrogens with zero attached hydrogens (tertiary/aromatic N) is 3. The van der Waals surface area contributed by atoms with E-state index in [1.807, 2.05) is 12.1 Å². The van der Waals surface area contributed by atoms with Gasteiger partial charge in [-0.1, -0.05) is 12.1 Å². The number of amides is 1. The summed E-state index contributed by atoms with van der Waals surface area (Å²) in [5.74, 6) is -0.0650. The molecule has 94 valence electrons. The van der Waals surface area contributed by atoms with Gasteiger partial charge in [-0.05, 0) is 29.8 Å². The van der Waals surface area contributed by atoms with Crippen molar-refractivity contribution < 1.29 is 4.79 Å². The monoisotopic (exact) mass is 251 g/mol. The molecule has 0 spiro atoms. The van der Waals surface area contributed by atoms with E-state index < -0.39 is 0 Å². The standard InChI is InChI=1S/C15H13N3O/c1-18(15(19)14-5-7-17-8-6-14)11-13-4-2-3-12(9-13)10-16/h2-9H,11H2,1H3. The van der Waals surface area contributed by atoms with Crippen molar-refractivity contribution in [3.63, 3.8) is 0 Å². The summed E-state index contributed by atoms with van der Waals surface area (Å²) in [5.41, 5.74) is 2.14. The molecule has 0 N–H and O–H groups in total. The van der Waals surface area contributed by atoms with Crippen LogP contribution in [0.25, 0.3) is 0 Å². The Kier molecular flexibility index (Phi) is 3.89. The molecule has 0 atom stereocenters. The zero-order chi connectivity index (χ0) is 13.7. The molecule has 2 rings (SSSR count). The summed E-state index contributed by atoms with van der Waals surface area (Å²) in [4.78, 5) is 17.6. The molecule has 0 aliphatic rings. The van der Waals surface area contributed by atoms with E-state index in [-0.39, 0.29) is 5.91 Å². The first-order valence-electron chi connectivity index (χ1n) is 5.85. The molecule has 0 fully saturated rings. The Balaban J connectivity index is 2.11. The van der Waals surface area contributed by atoms with Crippen LogP contribution in [0.15, 0.2) is 48.8 Å². The number of hydrogen-bond donors (Lipinski definition) is 0. The molecule has 1 amide bonds. The van der Waals surface area contributed by atoms with E-state index >= 15 is 0 Å². The van der Waals surface area contributed by atoms with Gasteiger partial charge in [-0.15, -0.1) is 0 Å². The molecule has 4 nitrogen and oxygen atoms in total. The zero-order valence-corrected chi connectivity index (χ0v) is 10.6. The number of benzene rings is 1. The van der Waals surface area contributed by atoms with Crippen LogP contribution in [0.3, 0.4) is 0 Å². The number of nitriles is 1. The van der Waals surface area contributed by atoms with Crippen LogP contribution in [0.4, 0.5) is 0 Å². The SMILES string of the molecule is CN(Cc1cccc(C#N)c1)C(=O)c1ccncc1. The molecule has 0 aliphatic carbocycles. The van der Waals surface area contributed by atoms with Gasteiger partial charge in [0.25, 0.3) is 5.91 Å². The van der Waals surface area contributed by atoms with Crippen molar-refractivity contribution in [2.24, 2.45) is 0 Å². The fraction of sp³-hybridized carbons (Fsp3) is 0.133. The van der Waals surface area contributed by atoms with Crippen LogP contribution in [0, 0.1) is 11.3 Å². The van der Waals surface area contributed by atoms with Gasteiger partial charge in [-0.3, -0.25) is 9.78 Å². The second-order valence-electron chi connectivity index (χ2n) is 4.21. The van der Waals surface area contributed by atoms with E-state index in [0.717, 1.165) is 5.56 Å². The van der Waals surface area contributed by atoms with Gasteiger partial charge in [0.1, 0.15) is 0 Å². The lowest BCUT2D eigenvalue weighted by Crippen LogP contribution is -2.26. The molecule has 2 aromatic rings. The number of rotatable bonds is 3. The summed E-state index contributed by atoms with van der Waals surface area (Å²) in [6.07, 6.45) is 3.19. The van der Waals surface area contributed by atoms with Gasteiger partial charge < -0.3 is 4.90 Å². The van der Waals surface area contributed by atoms with E-state index in [4.69, 9.17) is 5.26 Å². The Morgan fingerprint density at radius 1 is 1.32 bits per heavy atom. The lowest BCUT2D eigenvalue weighted by molar-refractivity contribution is 0.0785. The highest BCUT2D eigenvalue weighted by Gasteiger charge is 2.11. The molecule has 0 bridgehead atoms. The highest BCUT2D eigenvalue weighted by Crippen LogP contribution is 2.09. The zero-order valence-electron chi connectivity index (χ0n) is 10.6. The summed E-state index contributed by atoms with van der Waals surface area (Å²) >= 11 is 0. The minimum Gasteiger partial charge on any atom is -0.337 e. The lowest BCUT2D eigenvalue weighted by Gasteiger charge is -2.17. The molecule has 0 saturated heterocycles. The Labute approximate surface area is 111 Å². The van der Waals surface area contributed by atoms with Gasteiger partial charge in [0.2, 0.25) is 0 Å². The Hall–Kier alpha value is -2.67. The molecule has 19 heavy (non-hydrogen) atoms.